The largest absolute Gasteiger partial charge is 0.330 e. The van der Waals surface area contributed by atoms with Gasteiger partial charge in [-0.05, 0) is 62.4 Å². The van der Waals surface area contributed by atoms with Gasteiger partial charge in [-0.2, -0.15) is 0 Å². The van der Waals surface area contributed by atoms with Gasteiger partial charge < -0.3 is 10.3 Å². The van der Waals surface area contributed by atoms with Gasteiger partial charge in [0.1, 0.15) is 0 Å². The van der Waals surface area contributed by atoms with Crippen LogP contribution in [0.5, 0.6) is 0 Å². The van der Waals surface area contributed by atoms with E-state index in [2.05, 4.69) is 35.5 Å². The highest BCUT2D eigenvalue weighted by Gasteiger charge is 2.31. The van der Waals surface area contributed by atoms with E-state index in [0.29, 0.717) is 12.0 Å². The molecule has 1 heterocycles. The fraction of sp³-hybridized carbons (Fsp3) is 0.500. The molecule has 0 bridgehead atoms. The summed E-state index contributed by atoms with van der Waals surface area (Å²) in [7, 11) is 0. The van der Waals surface area contributed by atoms with Gasteiger partial charge in [0.15, 0.2) is 0 Å². The summed E-state index contributed by atoms with van der Waals surface area (Å²) in [5, 5.41) is 0. The van der Waals surface area contributed by atoms with Gasteiger partial charge in [0.05, 0.1) is 17.4 Å². The lowest BCUT2D eigenvalue weighted by Crippen LogP contribution is -2.34. The third-order valence-corrected chi connectivity index (χ3v) is 4.23. The fourth-order valence-electron chi connectivity index (χ4n) is 2.74. The zero-order valence-electron chi connectivity index (χ0n) is 10.5. The Hall–Kier alpha value is -1.35. The average molecular weight is 229 g/mol. The second-order valence-corrected chi connectivity index (χ2v) is 5.22. The molecule has 1 aliphatic carbocycles. The summed E-state index contributed by atoms with van der Waals surface area (Å²) in [5.41, 5.74) is 10.8. The molecule has 0 spiro atoms. The molecule has 90 valence electrons. The normalized spacial score (nSPS) is 23.9. The van der Waals surface area contributed by atoms with E-state index in [1.54, 1.807) is 0 Å². The molecule has 1 aliphatic rings. The number of nitrogens with two attached hydrogens (primary N) is 1. The molecule has 1 fully saturated rings. The molecule has 17 heavy (non-hydrogen) atoms. The highest BCUT2D eigenvalue weighted by molar-refractivity contribution is 5.77. The van der Waals surface area contributed by atoms with Gasteiger partial charge in [-0.3, -0.25) is 0 Å². The van der Waals surface area contributed by atoms with E-state index < -0.39 is 0 Å². The smallest absolute Gasteiger partial charge is 0.0961 e. The maximum Gasteiger partial charge on any atom is 0.0961 e. The third kappa shape index (κ3) is 1.57. The zero-order chi connectivity index (χ0) is 12.0. The molecular formula is C14H19N3. The van der Waals surface area contributed by atoms with E-state index in [1.807, 2.05) is 6.33 Å². The fourth-order valence-corrected chi connectivity index (χ4v) is 2.74. The van der Waals surface area contributed by atoms with Gasteiger partial charge in [0.2, 0.25) is 0 Å². The molecule has 3 heteroatoms. The highest BCUT2D eigenvalue weighted by atomic mass is 15.1. The van der Waals surface area contributed by atoms with Gasteiger partial charge in [0.25, 0.3) is 0 Å². The van der Waals surface area contributed by atoms with Crippen molar-refractivity contribution in [2.75, 3.05) is 6.54 Å². The van der Waals surface area contributed by atoms with Gasteiger partial charge in [-0.1, -0.05) is 0 Å². The third-order valence-electron chi connectivity index (χ3n) is 4.23. The molecule has 0 aliphatic heterocycles. The van der Waals surface area contributed by atoms with Crippen LogP contribution in [0.1, 0.15) is 30.0 Å². The van der Waals surface area contributed by atoms with E-state index in [-0.39, 0.29) is 0 Å². The van der Waals surface area contributed by atoms with Crippen LogP contribution in [0.25, 0.3) is 11.0 Å². The van der Waals surface area contributed by atoms with Crippen molar-refractivity contribution in [3.63, 3.8) is 0 Å². The van der Waals surface area contributed by atoms with Crippen molar-refractivity contribution in [3.8, 4) is 0 Å². The summed E-state index contributed by atoms with van der Waals surface area (Å²) in [6, 6.07) is 4.99. The van der Waals surface area contributed by atoms with Gasteiger partial charge in [0, 0.05) is 6.04 Å². The molecule has 3 rings (SSSR count). The number of hydrogen-bond acceptors (Lipinski definition) is 2. The van der Waals surface area contributed by atoms with Crippen molar-refractivity contribution in [1.82, 2.24) is 9.55 Å². The zero-order valence-corrected chi connectivity index (χ0v) is 10.5. The van der Waals surface area contributed by atoms with Crippen LogP contribution in [-0.4, -0.2) is 16.1 Å². The number of aryl methyl sites for hydroxylation is 2. The minimum atomic E-state index is 0.562. The lowest BCUT2D eigenvalue weighted by molar-refractivity contribution is 0.193. The van der Waals surface area contributed by atoms with Crippen LogP contribution >= 0.6 is 0 Å². The van der Waals surface area contributed by atoms with E-state index in [4.69, 9.17) is 5.73 Å². The number of imidazole rings is 1. The van der Waals surface area contributed by atoms with Gasteiger partial charge in [-0.25, -0.2) is 4.98 Å². The predicted molar refractivity (Wildman–Crippen MR) is 70.0 cm³/mol. The molecule has 1 saturated carbocycles. The van der Waals surface area contributed by atoms with Crippen LogP contribution in [0.3, 0.4) is 0 Å². The van der Waals surface area contributed by atoms with E-state index in [9.17, 15) is 0 Å². The van der Waals surface area contributed by atoms with E-state index >= 15 is 0 Å². The SMILES string of the molecule is Cc1cc2ncn(C3CCC3CN)c2cc1C. The Balaban J connectivity index is 2.08. The summed E-state index contributed by atoms with van der Waals surface area (Å²) in [6.07, 6.45) is 4.47. The first-order valence-electron chi connectivity index (χ1n) is 6.34. The van der Waals surface area contributed by atoms with E-state index in [1.165, 1.54) is 29.5 Å². The Morgan fingerprint density at radius 3 is 2.71 bits per heavy atom. The van der Waals surface area contributed by atoms with Crippen molar-refractivity contribution >= 4 is 11.0 Å². The number of rotatable bonds is 2. The summed E-state index contributed by atoms with van der Waals surface area (Å²) in [5.74, 6) is 0.633. The molecule has 1 aromatic carbocycles. The first kappa shape index (κ1) is 10.8. The molecule has 2 N–H and O–H groups in total. The van der Waals surface area contributed by atoms with Crippen LogP contribution in [0.15, 0.2) is 18.5 Å². The number of nitrogens with zero attached hydrogens (tertiary/aromatic N) is 2. The number of hydrogen-bond donors (Lipinski definition) is 1. The molecular weight excluding hydrogens is 210 g/mol. The van der Waals surface area contributed by atoms with Crippen LogP contribution in [-0.2, 0) is 0 Å². The molecule has 0 saturated heterocycles. The maximum absolute atomic E-state index is 5.79. The van der Waals surface area contributed by atoms with Crippen LogP contribution in [0, 0.1) is 19.8 Å². The standard InChI is InChI=1S/C14H19N3/c1-9-5-12-14(6-10(9)2)17(8-16-12)13-4-3-11(13)7-15/h5-6,8,11,13H,3-4,7,15H2,1-2H3. The molecule has 3 nitrogen and oxygen atoms in total. The lowest BCUT2D eigenvalue weighted by Gasteiger charge is -2.37. The average Bonchev–Trinajstić information content (AvgIpc) is 2.62. The van der Waals surface area contributed by atoms with Crippen LogP contribution in [0.4, 0.5) is 0 Å². The summed E-state index contributed by atoms with van der Waals surface area (Å²) < 4.78 is 2.32. The summed E-state index contributed by atoms with van der Waals surface area (Å²) in [4.78, 5) is 4.51. The molecule has 2 aromatic rings. The van der Waals surface area contributed by atoms with Crippen molar-refractivity contribution in [1.29, 1.82) is 0 Å². The first-order valence-corrected chi connectivity index (χ1v) is 6.34. The van der Waals surface area contributed by atoms with Crippen LogP contribution < -0.4 is 5.73 Å². The van der Waals surface area contributed by atoms with Crippen LogP contribution in [0.2, 0.25) is 0 Å². The molecule has 1 aromatic heterocycles. The monoisotopic (exact) mass is 229 g/mol. The molecule has 2 unspecified atom stereocenters. The molecule has 2 atom stereocenters. The quantitative estimate of drug-likeness (QED) is 0.860. The van der Waals surface area contributed by atoms with Crippen molar-refractivity contribution in [3.05, 3.63) is 29.6 Å². The van der Waals surface area contributed by atoms with Crippen molar-refractivity contribution in [2.24, 2.45) is 11.7 Å². The minimum absolute atomic E-state index is 0.562. The predicted octanol–water partition coefficient (Wildman–Crippen LogP) is 2.56. The van der Waals surface area contributed by atoms with Gasteiger partial charge in [-0.15, -0.1) is 0 Å². The van der Waals surface area contributed by atoms with Crippen molar-refractivity contribution < 1.29 is 0 Å². The Morgan fingerprint density at radius 2 is 2.06 bits per heavy atom. The number of benzene rings is 1. The topological polar surface area (TPSA) is 43.8 Å². The summed E-state index contributed by atoms with van der Waals surface area (Å²) in [6.45, 7) is 5.09. The Labute approximate surface area is 102 Å². The lowest BCUT2D eigenvalue weighted by atomic mass is 9.79. The number of fused-ring (bicyclic) bond motifs is 1. The highest BCUT2D eigenvalue weighted by Crippen LogP contribution is 2.39. The van der Waals surface area contributed by atoms with Gasteiger partial charge >= 0.3 is 0 Å². The Morgan fingerprint density at radius 1 is 1.29 bits per heavy atom. The number of aromatic nitrogens is 2. The Kier molecular flexibility index (Phi) is 2.44. The molecule has 0 radical (unpaired) electrons. The van der Waals surface area contributed by atoms with E-state index in [0.717, 1.165) is 12.1 Å². The van der Waals surface area contributed by atoms with Crippen molar-refractivity contribution in [2.45, 2.75) is 32.7 Å². The second kappa shape index (κ2) is 3.84. The summed E-state index contributed by atoms with van der Waals surface area (Å²) >= 11 is 0. The maximum atomic E-state index is 5.79. The molecule has 0 amide bonds. The Bertz CT molecular complexity index is 554. The second-order valence-electron chi connectivity index (χ2n) is 5.22. The first-order chi connectivity index (χ1) is 8.20. The minimum Gasteiger partial charge on any atom is -0.330 e.